The number of ether oxygens (including phenoxy) is 3. The van der Waals surface area contributed by atoms with Crippen molar-refractivity contribution in [1.82, 2.24) is 0 Å². The molecule has 0 aliphatic rings. The van der Waals surface area contributed by atoms with Crippen LogP contribution in [0.4, 0.5) is 5.69 Å². The Morgan fingerprint density at radius 1 is 1.03 bits per heavy atom. The molecule has 2 rings (SSSR count). The highest BCUT2D eigenvalue weighted by molar-refractivity contribution is 5.98. The van der Waals surface area contributed by atoms with Gasteiger partial charge < -0.3 is 25.3 Å². The van der Waals surface area contributed by atoms with Crippen LogP contribution in [-0.2, 0) is 9.53 Å². The molecule has 0 unspecified atom stereocenters. The Kier molecular flexibility index (Phi) is 7.59. The van der Waals surface area contributed by atoms with Crippen LogP contribution in [0.3, 0.4) is 0 Å². The molecule has 0 aromatic heterocycles. The van der Waals surface area contributed by atoms with Crippen LogP contribution in [0.5, 0.6) is 11.5 Å². The Labute approximate surface area is 168 Å². The first-order valence-electron chi connectivity index (χ1n) is 9.08. The minimum Gasteiger partial charge on any atom is -0.493 e. The van der Waals surface area contributed by atoms with E-state index in [0.29, 0.717) is 29.4 Å². The summed E-state index contributed by atoms with van der Waals surface area (Å²) in [5.41, 5.74) is 6.18. The zero-order chi connectivity index (χ0) is 21.4. The number of benzene rings is 2. The first-order chi connectivity index (χ1) is 13.8. The van der Waals surface area contributed by atoms with E-state index in [9.17, 15) is 14.4 Å². The Morgan fingerprint density at radius 2 is 1.69 bits per heavy atom. The number of primary amides is 1. The Balaban J connectivity index is 2.00. The maximum absolute atomic E-state index is 12.4. The van der Waals surface area contributed by atoms with E-state index in [1.54, 1.807) is 12.1 Å². The van der Waals surface area contributed by atoms with E-state index in [1.807, 2.05) is 6.92 Å². The molecule has 0 aliphatic carbocycles. The summed E-state index contributed by atoms with van der Waals surface area (Å²) in [4.78, 5) is 35.7. The molecule has 2 aromatic rings. The summed E-state index contributed by atoms with van der Waals surface area (Å²) in [7, 11) is 1.48. The highest BCUT2D eigenvalue weighted by Crippen LogP contribution is 2.28. The number of hydrogen-bond acceptors (Lipinski definition) is 6. The van der Waals surface area contributed by atoms with Gasteiger partial charge in [-0.25, -0.2) is 4.79 Å². The van der Waals surface area contributed by atoms with Crippen molar-refractivity contribution in [2.75, 3.05) is 19.0 Å². The Bertz CT molecular complexity index is 879. The fraction of sp³-hybridized carbons (Fsp3) is 0.286. The average molecular weight is 400 g/mol. The molecule has 154 valence electrons. The fourth-order valence-electron chi connectivity index (χ4n) is 2.37. The predicted molar refractivity (Wildman–Crippen MR) is 107 cm³/mol. The van der Waals surface area contributed by atoms with E-state index in [1.165, 1.54) is 44.4 Å². The largest absolute Gasteiger partial charge is 0.493 e. The summed E-state index contributed by atoms with van der Waals surface area (Å²) in [5.74, 6) is -0.820. The highest BCUT2D eigenvalue weighted by Gasteiger charge is 2.20. The second-order valence-electron chi connectivity index (χ2n) is 6.19. The minimum absolute atomic E-state index is 0.233. The summed E-state index contributed by atoms with van der Waals surface area (Å²) >= 11 is 0. The number of hydrogen-bond donors (Lipinski definition) is 2. The summed E-state index contributed by atoms with van der Waals surface area (Å²) in [6.07, 6.45) is -0.203. The average Bonchev–Trinajstić information content (AvgIpc) is 2.72. The Morgan fingerprint density at radius 3 is 2.28 bits per heavy atom. The van der Waals surface area contributed by atoms with Gasteiger partial charge in [0.15, 0.2) is 17.6 Å². The molecule has 0 fully saturated rings. The van der Waals surface area contributed by atoms with Crippen LogP contribution in [0.2, 0.25) is 0 Å². The fourth-order valence-corrected chi connectivity index (χ4v) is 2.37. The lowest BCUT2D eigenvalue weighted by Crippen LogP contribution is -2.30. The molecule has 1 atom stereocenters. The molecule has 0 bridgehead atoms. The minimum atomic E-state index is -1.04. The normalized spacial score (nSPS) is 11.3. The number of rotatable bonds is 9. The maximum atomic E-state index is 12.4. The number of methoxy groups -OCH3 is 1. The SMILES string of the molecule is CCCOc1ccc(C(=O)O[C@@H](C)C(=O)Nc2ccc(C(N)=O)cc2)cc1OC. The van der Waals surface area contributed by atoms with Crippen LogP contribution < -0.4 is 20.5 Å². The predicted octanol–water partition coefficient (Wildman–Crippen LogP) is 2.77. The van der Waals surface area contributed by atoms with Crippen LogP contribution in [0.15, 0.2) is 42.5 Å². The van der Waals surface area contributed by atoms with Crippen molar-refractivity contribution in [3.8, 4) is 11.5 Å². The molecule has 3 N–H and O–H groups in total. The van der Waals surface area contributed by atoms with E-state index >= 15 is 0 Å². The van der Waals surface area contributed by atoms with Crippen molar-refractivity contribution in [3.05, 3.63) is 53.6 Å². The maximum Gasteiger partial charge on any atom is 0.339 e. The third kappa shape index (κ3) is 5.97. The molecular weight excluding hydrogens is 376 g/mol. The molecule has 0 aliphatic heterocycles. The number of carbonyl (C=O) groups excluding carboxylic acids is 3. The van der Waals surface area contributed by atoms with Crippen LogP contribution in [0.1, 0.15) is 41.0 Å². The van der Waals surface area contributed by atoms with Crippen molar-refractivity contribution < 1.29 is 28.6 Å². The smallest absolute Gasteiger partial charge is 0.339 e. The summed E-state index contributed by atoms with van der Waals surface area (Å²) < 4.78 is 16.0. The lowest BCUT2D eigenvalue weighted by molar-refractivity contribution is -0.123. The molecule has 0 heterocycles. The summed E-state index contributed by atoms with van der Waals surface area (Å²) in [6.45, 7) is 3.97. The van der Waals surface area contributed by atoms with Gasteiger partial charge in [0.05, 0.1) is 19.3 Å². The highest BCUT2D eigenvalue weighted by atomic mass is 16.5. The zero-order valence-corrected chi connectivity index (χ0v) is 16.6. The molecule has 2 amide bonds. The van der Waals surface area contributed by atoms with Gasteiger partial charge in [0.2, 0.25) is 5.91 Å². The standard InChI is InChI=1S/C21H24N2O6/c1-4-11-28-17-10-7-15(12-18(17)27-3)21(26)29-13(2)20(25)23-16-8-5-14(6-9-16)19(22)24/h5-10,12-13H,4,11H2,1-3H3,(H2,22,24)(H,23,25)/t13-/m0/s1. The second-order valence-corrected chi connectivity index (χ2v) is 6.19. The molecule has 0 spiro atoms. The second kappa shape index (κ2) is 10.1. The number of amides is 2. The van der Waals surface area contributed by atoms with Gasteiger partial charge in [-0.1, -0.05) is 6.92 Å². The molecule has 29 heavy (non-hydrogen) atoms. The molecule has 8 heteroatoms. The van der Waals surface area contributed by atoms with E-state index in [0.717, 1.165) is 6.42 Å². The van der Waals surface area contributed by atoms with E-state index < -0.39 is 23.9 Å². The summed E-state index contributed by atoms with van der Waals surface area (Å²) in [6, 6.07) is 10.7. The van der Waals surface area contributed by atoms with Gasteiger partial charge in [-0.05, 0) is 55.8 Å². The summed E-state index contributed by atoms with van der Waals surface area (Å²) in [5, 5.41) is 2.61. The number of nitrogens with one attached hydrogen (secondary N) is 1. The van der Waals surface area contributed by atoms with E-state index in [4.69, 9.17) is 19.9 Å². The Hall–Kier alpha value is -3.55. The van der Waals surface area contributed by atoms with Gasteiger partial charge in [0, 0.05) is 11.3 Å². The molecule has 8 nitrogen and oxygen atoms in total. The van der Waals surface area contributed by atoms with Gasteiger partial charge in [-0.15, -0.1) is 0 Å². The van der Waals surface area contributed by atoms with Crippen molar-refractivity contribution in [3.63, 3.8) is 0 Å². The first kappa shape index (κ1) is 21.7. The van der Waals surface area contributed by atoms with Gasteiger partial charge in [-0.3, -0.25) is 9.59 Å². The van der Waals surface area contributed by atoms with Gasteiger partial charge >= 0.3 is 5.97 Å². The molecule has 2 aromatic carbocycles. The van der Waals surface area contributed by atoms with Gasteiger partial charge in [-0.2, -0.15) is 0 Å². The molecule has 0 saturated carbocycles. The van der Waals surface area contributed by atoms with Crippen LogP contribution in [0, 0.1) is 0 Å². The third-order valence-electron chi connectivity index (χ3n) is 3.95. The van der Waals surface area contributed by atoms with Crippen molar-refractivity contribution >= 4 is 23.5 Å². The number of nitrogens with two attached hydrogens (primary N) is 1. The van der Waals surface area contributed by atoms with Crippen molar-refractivity contribution in [2.45, 2.75) is 26.4 Å². The molecular formula is C21H24N2O6. The molecule has 0 saturated heterocycles. The van der Waals surface area contributed by atoms with E-state index in [-0.39, 0.29) is 5.56 Å². The van der Waals surface area contributed by atoms with Gasteiger partial charge in [0.1, 0.15) is 0 Å². The quantitative estimate of drug-likeness (QED) is 0.625. The third-order valence-corrected chi connectivity index (χ3v) is 3.95. The van der Waals surface area contributed by atoms with Crippen LogP contribution in [-0.4, -0.2) is 37.6 Å². The zero-order valence-electron chi connectivity index (χ0n) is 16.6. The number of carbonyl (C=O) groups is 3. The topological polar surface area (TPSA) is 117 Å². The lowest BCUT2D eigenvalue weighted by Gasteiger charge is -2.15. The number of esters is 1. The number of anilines is 1. The monoisotopic (exact) mass is 400 g/mol. The van der Waals surface area contributed by atoms with Crippen LogP contribution in [0.25, 0.3) is 0 Å². The van der Waals surface area contributed by atoms with E-state index in [2.05, 4.69) is 5.32 Å². The van der Waals surface area contributed by atoms with Crippen molar-refractivity contribution in [1.29, 1.82) is 0 Å². The van der Waals surface area contributed by atoms with Crippen LogP contribution >= 0.6 is 0 Å². The van der Waals surface area contributed by atoms with Gasteiger partial charge in [0.25, 0.3) is 5.91 Å². The van der Waals surface area contributed by atoms with Crippen molar-refractivity contribution in [2.24, 2.45) is 5.73 Å². The lowest BCUT2D eigenvalue weighted by atomic mass is 10.2. The molecule has 0 radical (unpaired) electrons. The first-order valence-corrected chi connectivity index (χ1v) is 9.08.